The average Bonchev–Trinajstić information content (AvgIpc) is 3.25. The Bertz CT molecular complexity index is 1430. The van der Waals surface area contributed by atoms with Crippen LogP contribution in [0, 0.1) is 5.82 Å². The number of aromatic nitrogens is 2. The average molecular weight is 554 g/mol. The summed E-state index contributed by atoms with van der Waals surface area (Å²) < 4.78 is 50.1. The van der Waals surface area contributed by atoms with Crippen LogP contribution in [0.4, 0.5) is 4.39 Å². The fraction of sp³-hybridized carbons (Fsp3) is 0.476. The van der Waals surface area contributed by atoms with Crippen LogP contribution >= 0.6 is 7.75 Å². The number of H-pyrrole nitrogens is 1. The maximum absolute atomic E-state index is 13.9. The number of nitrogens with zero attached hydrogens (tertiary/aromatic N) is 4. The fourth-order valence-electron chi connectivity index (χ4n) is 3.99. The lowest BCUT2D eigenvalue weighted by molar-refractivity contribution is -0.149. The molecule has 2 fully saturated rings. The number of rotatable bonds is 10. The Labute approximate surface area is 213 Å². The van der Waals surface area contributed by atoms with Gasteiger partial charge in [-0.1, -0.05) is 23.3 Å². The van der Waals surface area contributed by atoms with Crippen molar-refractivity contribution >= 4 is 13.7 Å². The van der Waals surface area contributed by atoms with E-state index >= 15 is 0 Å². The van der Waals surface area contributed by atoms with E-state index in [1.54, 1.807) is 37.0 Å². The zero-order valence-corrected chi connectivity index (χ0v) is 21.1. The molecular formula is C21H24FN6O9P. The van der Waals surface area contributed by atoms with E-state index in [0.29, 0.717) is 10.8 Å². The van der Waals surface area contributed by atoms with Gasteiger partial charge in [0.25, 0.3) is 5.56 Å². The summed E-state index contributed by atoms with van der Waals surface area (Å²) in [6.45, 7) is 4.63. The summed E-state index contributed by atoms with van der Waals surface area (Å²) in [5.41, 5.74) is 4.58. The number of fused-ring (bicyclic) bond motifs is 1. The first kappa shape index (κ1) is 27.5. The number of aromatic amines is 1. The predicted octanol–water partition coefficient (Wildman–Crippen LogP) is 1.50. The Kier molecular flexibility index (Phi) is 7.48. The summed E-state index contributed by atoms with van der Waals surface area (Å²) >= 11 is 0. The molecular weight excluding hydrogens is 530 g/mol. The Morgan fingerprint density at radius 1 is 1.34 bits per heavy atom. The Hall–Kier alpha value is -3.52. The number of para-hydroxylation sites is 1. The second-order valence-corrected chi connectivity index (χ2v) is 10.5. The number of carbonyl (C=O) groups is 1. The van der Waals surface area contributed by atoms with Gasteiger partial charge in [-0.2, -0.15) is 9.48 Å². The number of aliphatic hydroxyl groups is 1. The number of esters is 1. The number of azide groups is 1. The van der Waals surface area contributed by atoms with Crippen molar-refractivity contribution in [2.75, 3.05) is 0 Å². The third-order valence-corrected chi connectivity index (χ3v) is 7.42. The zero-order chi connectivity index (χ0) is 27.8. The molecule has 7 atom stereocenters. The monoisotopic (exact) mass is 554 g/mol. The van der Waals surface area contributed by atoms with Crippen molar-refractivity contribution in [3.8, 4) is 5.75 Å². The molecule has 15 nitrogen and oxygen atoms in total. The van der Waals surface area contributed by atoms with E-state index < -0.39 is 73.0 Å². The van der Waals surface area contributed by atoms with E-state index in [0.717, 1.165) is 0 Å². The Morgan fingerprint density at radius 2 is 2.03 bits per heavy atom. The van der Waals surface area contributed by atoms with Crippen LogP contribution in [-0.2, 0) is 23.4 Å². The SMILES string of the molecule is CC(C)OC(=O)[C@H](C)NP(=O)(Oc1ccccc1)OC1[C@H]2O[C@@H](n3cc(F)c(=O)[nH]c3=O)C(N=[N+]=[N-])[C@@]12O. The van der Waals surface area contributed by atoms with E-state index in [9.17, 15) is 28.4 Å². The van der Waals surface area contributed by atoms with Crippen LogP contribution in [0.25, 0.3) is 10.4 Å². The van der Waals surface area contributed by atoms with Gasteiger partial charge >= 0.3 is 19.4 Å². The number of nitrogens with one attached hydrogen (secondary N) is 2. The van der Waals surface area contributed by atoms with Crippen LogP contribution in [-0.4, -0.2) is 56.6 Å². The summed E-state index contributed by atoms with van der Waals surface area (Å²) in [5.74, 6) is -1.97. The molecule has 2 aliphatic rings. The first-order chi connectivity index (χ1) is 17.9. The highest BCUT2D eigenvalue weighted by molar-refractivity contribution is 7.52. The van der Waals surface area contributed by atoms with E-state index in [1.165, 1.54) is 19.1 Å². The minimum atomic E-state index is -4.45. The number of halogens is 1. The molecule has 1 aliphatic heterocycles. The number of hydrogen-bond donors (Lipinski definition) is 3. The van der Waals surface area contributed by atoms with Gasteiger partial charge in [-0.05, 0) is 38.4 Å². The molecule has 0 amide bonds. The van der Waals surface area contributed by atoms with Crippen molar-refractivity contribution in [2.24, 2.45) is 5.11 Å². The molecule has 3 N–H and O–H groups in total. The highest BCUT2D eigenvalue weighted by Gasteiger charge is 2.79. The Morgan fingerprint density at radius 3 is 2.66 bits per heavy atom. The minimum absolute atomic E-state index is 0.103. The molecule has 1 saturated heterocycles. The lowest BCUT2D eigenvalue weighted by Crippen LogP contribution is -2.42. The van der Waals surface area contributed by atoms with Crippen LogP contribution in [0.15, 0.2) is 51.2 Å². The van der Waals surface area contributed by atoms with Crippen molar-refractivity contribution in [3.63, 3.8) is 0 Å². The van der Waals surface area contributed by atoms with Crippen molar-refractivity contribution < 1.29 is 37.4 Å². The molecule has 17 heteroatoms. The van der Waals surface area contributed by atoms with Crippen LogP contribution < -0.4 is 20.9 Å². The fourth-order valence-corrected chi connectivity index (χ4v) is 5.70. The highest BCUT2D eigenvalue weighted by Crippen LogP contribution is 2.61. The van der Waals surface area contributed by atoms with Crippen LogP contribution in [0.3, 0.4) is 0 Å². The molecule has 3 unspecified atom stereocenters. The topological polar surface area (TPSA) is 207 Å². The number of benzene rings is 1. The largest absolute Gasteiger partial charge is 0.462 e. The number of ether oxygens (including phenoxy) is 2. The van der Waals surface area contributed by atoms with Crippen molar-refractivity contribution in [1.29, 1.82) is 0 Å². The van der Waals surface area contributed by atoms with Gasteiger partial charge in [0.2, 0.25) is 5.82 Å². The third kappa shape index (κ3) is 5.23. The second-order valence-electron chi connectivity index (χ2n) is 8.89. The van der Waals surface area contributed by atoms with E-state index in [1.807, 2.05) is 0 Å². The molecule has 0 radical (unpaired) electrons. The predicted molar refractivity (Wildman–Crippen MR) is 126 cm³/mol. The summed E-state index contributed by atoms with van der Waals surface area (Å²) in [6.07, 6.45) is -4.17. The van der Waals surface area contributed by atoms with Gasteiger partial charge in [-0.15, -0.1) is 0 Å². The zero-order valence-electron chi connectivity index (χ0n) is 20.3. The molecule has 1 aliphatic carbocycles. The molecule has 0 spiro atoms. The molecule has 2 aromatic rings. The number of hydrogen-bond acceptors (Lipinski definition) is 10. The maximum Gasteiger partial charge on any atom is 0.459 e. The summed E-state index contributed by atoms with van der Waals surface area (Å²) in [4.78, 5) is 40.3. The van der Waals surface area contributed by atoms with Crippen LogP contribution in [0.1, 0.15) is 27.0 Å². The van der Waals surface area contributed by atoms with Crippen LogP contribution in [0.2, 0.25) is 0 Å². The summed E-state index contributed by atoms with van der Waals surface area (Å²) in [6, 6.07) is 5.09. The molecule has 1 aromatic carbocycles. The summed E-state index contributed by atoms with van der Waals surface area (Å²) in [7, 11) is -4.45. The van der Waals surface area contributed by atoms with Gasteiger partial charge in [0.1, 0.15) is 41.9 Å². The van der Waals surface area contributed by atoms with Gasteiger partial charge in [0, 0.05) is 4.91 Å². The van der Waals surface area contributed by atoms with Gasteiger partial charge in [0.05, 0.1) is 12.3 Å². The highest BCUT2D eigenvalue weighted by atomic mass is 31.2. The Balaban J connectivity index is 1.61. The van der Waals surface area contributed by atoms with Gasteiger partial charge < -0.3 is 19.1 Å². The second kappa shape index (κ2) is 10.3. The quantitative estimate of drug-likeness (QED) is 0.127. The molecule has 204 valence electrons. The minimum Gasteiger partial charge on any atom is -0.462 e. The van der Waals surface area contributed by atoms with Crippen molar-refractivity contribution in [1.82, 2.24) is 14.6 Å². The molecule has 1 saturated carbocycles. The lowest BCUT2D eigenvalue weighted by atomic mass is 10.1. The van der Waals surface area contributed by atoms with Gasteiger partial charge in [-0.25, -0.2) is 9.36 Å². The maximum atomic E-state index is 13.9. The molecule has 4 rings (SSSR count). The van der Waals surface area contributed by atoms with E-state index in [2.05, 4.69) is 15.1 Å². The molecule has 38 heavy (non-hydrogen) atoms. The third-order valence-electron chi connectivity index (χ3n) is 5.76. The summed E-state index contributed by atoms with van der Waals surface area (Å²) in [5, 5.41) is 17.2. The van der Waals surface area contributed by atoms with Gasteiger partial charge in [0.15, 0.2) is 0 Å². The smallest absolute Gasteiger partial charge is 0.459 e. The normalized spacial score (nSPS) is 28.1. The first-order valence-corrected chi connectivity index (χ1v) is 12.9. The lowest BCUT2D eigenvalue weighted by Gasteiger charge is -2.27. The van der Waals surface area contributed by atoms with Crippen molar-refractivity contribution in [2.45, 2.75) is 63.0 Å². The number of carbonyl (C=O) groups excluding carboxylic acids is 1. The van der Waals surface area contributed by atoms with Crippen LogP contribution in [0.5, 0.6) is 5.75 Å². The molecule has 0 bridgehead atoms. The van der Waals surface area contributed by atoms with E-state index in [-0.39, 0.29) is 5.75 Å². The van der Waals surface area contributed by atoms with E-state index in [4.69, 9.17) is 24.1 Å². The standard InChI is InChI=1S/C21H24FN6O9P/c1-10(2)34-19(30)11(3)26-38(33,36-12-7-5-4-6-8-12)37-16-15-21(16,32)14(25-27-23)18(35-15)28-9-13(22)17(29)24-20(28)31/h4-11,14-16,18,32H,1-3H3,(H,26,33)(H,24,29,31)/t11-,14?,15+,16?,18+,21-,38?/m0/s1. The van der Waals surface area contributed by atoms with Gasteiger partial charge in [-0.3, -0.25) is 23.7 Å². The first-order valence-electron chi connectivity index (χ1n) is 11.3. The van der Waals surface area contributed by atoms with Crippen molar-refractivity contribution in [3.05, 3.63) is 73.6 Å². The molecule has 1 aromatic heterocycles. The molecule has 2 heterocycles.